The Bertz CT molecular complexity index is 936. The van der Waals surface area contributed by atoms with Gasteiger partial charge < -0.3 is 9.47 Å². The SMILES string of the molecule is CCOC(=O)[C@@H]1C[C@H]1C(c1cccnc1)N1C(=O)CC(CC)(CC)N=C1NC(=O)OC(C)(C)C. The highest BCUT2D eigenvalue weighted by molar-refractivity contribution is 6.05. The van der Waals surface area contributed by atoms with Gasteiger partial charge >= 0.3 is 12.1 Å². The van der Waals surface area contributed by atoms with Crippen LogP contribution in [0.4, 0.5) is 4.79 Å². The molecule has 1 unspecified atom stereocenters. The zero-order chi connectivity index (χ0) is 25.1. The van der Waals surface area contributed by atoms with Crippen molar-refractivity contribution in [3.8, 4) is 0 Å². The van der Waals surface area contributed by atoms with Gasteiger partial charge in [-0.05, 0) is 64.5 Å². The molecule has 1 aromatic rings. The van der Waals surface area contributed by atoms with Crippen LogP contribution in [0.25, 0.3) is 0 Å². The monoisotopic (exact) mass is 472 g/mol. The maximum Gasteiger partial charge on any atom is 0.414 e. The number of ether oxygens (including phenoxy) is 2. The van der Waals surface area contributed by atoms with Crippen LogP contribution >= 0.6 is 0 Å². The van der Waals surface area contributed by atoms with Crippen molar-refractivity contribution in [2.24, 2.45) is 16.8 Å². The van der Waals surface area contributed by atoms with Crippen LogP contribution in [0.3, 0.4) is 0 Å². The first kappa shape index (κ1) is 25.6. The Hall–Kier alpha value is -2.97. The van der Waals surface area contributed by atoms with E-state index in [1.807, 2.05) is 19.9 Å². The molecule has 3 atom stereocenters. The molecule has 34 heavy (non-hydrogen) atoms. The lowest BCUT2D eigenvalue weighted by Crippen LogP contribution is -2.56. The number of aromatic nitrogens is 1. The van der Waals surface area contributed by atoms with E-state index in [2.05, 4.69) is 10.3 Å². The Balaban J connectivity index is 2.03. The lowest BCUT2D eigenvalue weighted by Gasteiger charge is -2.41. The van der Waals surface area contributed by atoms with E-state index in [9.17, 15) is 14.4 Å². The molecule has 2 heterocycles. The summed E-state index contributed by atoms with van der Waals surface area (Å²) in [6.07, 6.45) is 4.74. The van der Waals surface area contributed by atoms with E-state index >= 15 is 0 Å². The first-order chi connectivity index (χ1) is 16.0. The molecule has 186 valence electrons. The van der Waals surface area contributed by atoms with Crippen molar-refractivity contribution in [3.63, 3.8) is 0 Å². The maximum atomic E-state index is 13.7. The van der Waals surface area contributed by atoms with Crippen LogP contribution in [-0.2, 0) is 19.1 Å². The third kappa shape index (κ3) is 5.74. The molecule has 3 rings (SSSR count). The van der Waals surface area contributed by atoms with E-state index in [1.165, 1.54) is 4.90 Å². The van der Waals surface area contributed by atoms with Gasteiger partial charge in [-0.1, -0.05) is 19.9 Å². The molecule has 0 aromatic carbocycles. The summed E-state index contributed by atoms with van der Waals surface area (Å²) >= 11 is 0. The van der Waals surface area contributed by atoms with Gasteiger partial charge in [0, 0.05) is 12.4 Å². The number of rotatable bonds is 7. The topological polar surface area (TPSA) is 110 Å². The summed E-state index contributed by atoms with van der Waals surface area (Å²) in [5.41, 5.74) is -0.553. The van der Waals surface area contributed by atoms with Crippen LogP contribution in [0.15, 0.2) is 29.5 Å². The number of carbonyl (C=O) groups is 3. The molecule has 9 heteroatoms. The first-order valence-corrected chi connectivity index (χ1v) is 12.0. The lowest BCUT2D eigenvalue weighted by molar-refractivity contribution is -0.145. The molecule has 0 bridgehead atoms. The van der Waals surface area contributed by atoms with Gasteiger partial charge in [-0.2, -0.15) is 0 Å². The van der Waals surface area contributed by atoms with Gasteiger partial charge in [-0.3, -0.25) is 24.8 Å². The van der Waals surface area contributed by atoms with Crippen molar-refractivity contribution in [1.82, 2.24) is 15.2 Å². The summed E-state index contributed by atoms with van der Waals surface area (Å²) in [5.74, 6) is -0.787. The number of aliphatic imine (C=N–C) groups is 1. The molecule has 2 amide bonds. The molecule has 1 aliphatic carbocycles. The molecule has 1 N–H and O–H groups in total. The smallest absolute Gasteiger partial charge is 0.414 e. The standard InChI is InChI=1S/C25H36N4O5/c1-7-25(8-2)14-19(30)29(22(28-25)27-23(32)34-24(4,5)6)20(16-11-10-12-26-15-16)17-13-18(17)21(31)33-9-3/h10-12,15,17-18,20H,7-9,13-14H2,1-6H3,(H,27,28,32)/t17-,18-,20?/m1/s1. The number of guanidine groups is 1. The largest absolute Gasteiger partial charge is 0.466 e. The number of hydrogen-bond acceptors (Lipinski definition) is 7. The average molecular weight is 473 g/mol. The lowest BCUT2D eigenvalue weighted by atomic mass is 9.87. The molecule has 2 aliphatic rings. The van der Waals surface area contributed by atoms with Crippen molar-refractivity contribution >= 4 is 23.9 Å². The van der Waals surface area contributed by atoms with Crippen molar-refractivity contribution in [2.75, 3.05) is 6.61 Å². The minimum absolute atomic E-state index is 0.151. The van der Waals surface area contributed by atoms with Crippen molar-refractivity contribution in [1.29, 1.82) is 0 Å². The number of nitrogens with one attached hydrogen (secondary N) is 1. The van der Waals surface area contributed by atoms with E-state index in [1.54, 1.807) is 46.2 Å². The summed E-state index contributed by atoms with van der Waals surface area (Å²) in [4.78, 5) is 49.5. The third-order valence-electron chi connectivity index (χ3n) is 6.39. The second-order valence-electron chi connectivity index (χ2n) is 9.92. The number of carbonyl (C=O) groups excluding carboxylic acids is 3. The molecule has 1 fully saturated rings. The molecule has 0 radical (unpaired) electrons. The highest BCUT2D eigenvalue weighted by atomic mass is 16.6. The second kappa shape index (κ2) is 10.1. The molecule has 9 nitrogen and oxygen atoms in total. The predicted molar refractivity (Wildman–Crippen MR) is 127 cm³/mol. The van der Waals surface area contributed by atoms with Gasteiger partial charge in [0.25, 0.3) is 0 Å². The van der Waals surface area contributed by atoms with Crippen LogP contribution in [0.2, 0.25) is 0 Å². The number of esters is 1. The first-order valence-electron chi connectivity index (χ1n) is 12.0. The molecule has 1 aromatic heterocycles. The van der Waals surface area contributed by atoms with E-state index in [-0.39, 0.29) is 36.1 Å². The summed E-state index contributed by atoms with van der Waals surface area (Å²) in [6, 6.07) is 3.15. The molecule has 0 saturated heterocycles. The quantitative estimate of drug-likeness (QED) is 0.601. The Morgan fingerprint density at radius 2 is 1.97 bits per heavy atom. The maximum absolute atomic E-state index is 13.7. The van der Waals surface area contributed by atoms with E-state index in [0.717, 1.165) is 5.56 Å². The van der Waals surface area contributed by atoms with Crippen molar-refractivity contribution in [2.45, 2.75) is 84.4 Å². The number of pyridine rings is 1. The van der Waals surface area contributed by atoms with Crippen molar-refractivity contribution in [3.05, 3.63) is 30.1 Å². The molecule has 1 saturated carbocycles. The number of hydrogen-bond donors (Lipinski definition) is 1. The Kier molecular flexibility index (Phi) is 7.63. The van der Waals surface area contributed by atoms with Crippen LogP contribution < -0.4 is 5.32 Å². The van der Waals surface area contributed by atoms with Gasteiger partial charge in [0.2, 0.25) is 11.9 Å². The van der Waals surface area contributed by atoms with Crippen LogP contribution in [0.5, 0.6) is 0 Å². The number of amides is 2. The van der Waals surface area contributed by atoms with Gasteiger partial charge in [0.15, 0.2) is 0 Å². The third-order valence-corrected chi connectivity index (χ3v) is 6.39. The van der Waals surface area contributed by atoms with Gasteiger partial charge in [-0.15, -0.1) is 0 Å². The normalized spacial score (nSPS) is 22.5. The van der Waals surface area contributed by atoms with Gasteiger partial charge in [0.1, 0.15) is 5.60 Å². The number of alkyl carbamates (subject to hydrolysis) is 1. The van der Waals surface area contributed by atoms with E-state index in [4.69, 9.17) is 14.5 Å². The van der Waals surface area contributed by atoms with Crippen LogP contribution in [0, 0.1) is 11.8 Å². The Morgan fingerprint density at radius 1 is 1.26 bits per heavy atom. The van der Waals surface area contributed by atoms with E-state index < -0.39 is 23.3 Å². The molecular formula is C25H36N4O5. The highest BCUT2D eigenvalue weighted by Gasteiger charge is 2.54. The van der Waals surface area contributed by atoms with Crippen LogP contribution in [-0.4, -0.2) is 51.6 Å². The fraction of sp³-hybridized carbons (Fsp3) is 0.640. The van der Waals surface area contributed by atoms with E-state index in [0.29, 0.717) is 25.9 Å². The second-order valence-corrected chi connectivity index (χ2v) is 9.92. The summed E-state index contributed by atoms with van der Waals surface area (Å²) in [6.45, 7) is 11.3. The molecule has 1 aliphatic heterocycles. The Labute approximate surface area is 201 Å². The Morgan fingerprint density at radius 3 is 2.53 bits per heavy atom. The minimum atomic E-state index is -0.713. The average Bonchev–Trinajstić information content (AvgIpc) is 3.56. The zero-order valence-corrected chi connectivity index (χ0v) is 21.0. The number of nitrogens with zero attached hydrogens (tertiary/aromatic N) is 3. The predicted octanol–water partition coefficient (Wildman–Crippen LogP) is 3.99. The molecular weight excluding hydrogens is 436 g/mol. The minimum Gasteiger partial charge on any atom is -0.466 e. The zero-order valence-electron chi connectivity index (χ0n) is 21.0. The molecule has 0 spiro atoms. The van der Waals surface area contributed by atoms with Crippen LogP contribution in [0.1, 0.15) is 78.8 Å². The fourth-order valence-corrected chi connectivity index (χ4v) is 4.45. The summed E-state index contributed by atoms with van der Waals surface area (Å²) in [7, 11) is 0. The summed E-state index contributed by atoms with van der Waals surface area (Å²) < 4.78 is 10.7. The van der Waals surface area contributed by atoms with Crippen molar-refractivity contribution < 1.29 is 23.9 Å². The van der Waals surface area contributed by atoms with Gasteiger partial charge in [0.05, 0.1) is 30.5 Å². The fourth-order valence-electron chi connectivity index (χ4n) is 4.45. The highest BCUT2D eigenvalue weighted by Crippen LogP contribution is 2.51. The summed E-state index contributed by atoms with van der Waals surface area (Å²) in [5, 5.41) is 2.74. The van der Waals surface area contributed by atoms with Gasteiger partial charge in [-0.25, -0.2) is 9.79 Å².